The zero-order valence-electron chi connectivity index (χ0n) is 17.2. The molecule has 3 aliphatic heterocycles. The van der Waals surface area contributed by atoms with Crippen molar-refractivity contribution < 1.29 is 14.3 Å². The Morgan fingerprint density at radius 3 is 2.52 bits per heavy atom. The monoisotopic (exact) mass is 392 g/mol. The second kappa shape index (κ2) is 6.77. The number of amides is 1. The molecule has 5 heteroatoms. The van der Waals surface area contributed by atoms with Crippen molar-refractivity contribution in [1.29, 1.82) is 0 Å². The van der Waals surface area contributed by atoms with Crippen molar-refractivity contribution in [2.45, 2.75) is 50.9 Å². The second-order valence-electron chi connectivity index (χ2n) is 9.23. The number of nitrogens with zero attached hydrogens (tertiary/aromatic N) is 2. The van der Waals surface area contributed by atoms with E-state index in [1.54, 1.807) is 4.90 Å². The highest BCUT2D eigenvalue weighted by atomic mass is 16.6. The van der Waals surface area contributed by atoms with E-state index in [4.69, 9.17) is 9.47 Å². The van der Waals surface area contributed by atoms with E-state index in [0.29, 0.717) is 6.54 Å². The summed E-state index contributed by atoms with van der Waals surface area (Å²) in [4.78, 5) is 16.7. The number of likely N-dealkylation sites (tertiary alicyclic amines) is 1. The summed E-state index contributed by atoms with van der Waals surface area (Å²) in [6, 6.07) is 16.4. The van der Waals surface area contributed by atoms with Crippen molar-refractivity contribution >= 4 is 11.8 Å². The molecule has 3 aliphatic rings. The number of ether oxygens (including phenoxy) is 2. The van der Waals surface area contributed by atoms with Gasteiger partial charge in [0.25, 0.3) is 0 Å². The molecule has 1 spiro atoms. The van der Waals surface area contributed by atoms with Crippen molar-refractivity contribution in [3.05, 3.63) is 59.7 Å². The molecule has 2 fully saturated rings. The number of benzene rings is 2. The molecule has 0 aromatic heterocycles. The molecule has 29 heavy (non-hydrogen) atoms. The highest BCUT2D eigenvalue weighted by molar-refractivity contribution is 5.90. The van der Waals surface area contributed by atoms with Crippen LogP contribution in [-0.4, -0.2) is 41.8 Å². The molecular formula is C24H28N2O3. The van der Waals surface area contributed by atoms with Crippen LogP contribution < -0.4 is 9.64 Å². The quantitative estimate of drug-likeness (QED) is 0.777. The van der Waals surface area contributed by atoms with Gasteiger partial charge in [0.15, 0.2) is 0 Å². The number of hydrogen-bond donors (Lipinski definition) is 0. The lowest BCUT2D eigenvalue weighted by atomic mass is 9.91. The lowest BCUT2D eigenvalue weighted by Crippen LogP contribution is -2.46. The Bertz CT molecular complexity index is 917. The predicted octanol–water partition coefficient (Wildman–Crippen LogP) is 4.39. The molecule has 0 radical (unpaired) electrons. The van der Waals surface area contributed by atoms with Gasteiger partial charge in [-0.05, 0) is 43.2 Å². The number of hydrogen-bond acceptors (Lipinski definition) is 4. The van der Waals surface area contributed by atoms with E-state index in [1.807, 2.05) is 30.3 Å². The van der Waals surface area contributed by atoms with Crippen LogP contribution in [0.3, 0.4) is 0 Å². The minimum atomic E-state index is -0.348. The van der Waals surface area contributed by atoms with Gasteiger partial charge in [-0.2, -0.15) is 0 Å². The highest BCUT2D eigenvalue weighted by Crippen LogP contribution is 2.37. The third-order valence-corrected chi connectivity index (χ3v) is 6.34. The maximum absolute atomic E-state index is 12.5. The summed E-state index contributed by atoms with van der Waals surface area (Å²) in [5.41, 5.74) is 3.11. The van der Waals surface area contributed by atoms with Gasteiger partial charge in [0.05, 0.1) is 6.54 Å². The van der Waals surface area contributed by atoms with Crippen molar-refractivity contribution in [1.82, 2.24) is 4.90 Å². The Balaban J connectivity index is 1.21. The SMILES string of the molecule is CC1(C)Cc2cc(CN3CCC4(CC3)CN(c3ccccc3)C(=O)O4)ccc2O1. The maximum atomic E-state index is 12.5. The zero-order chi connectivity index (χ0) is 20.1. The number of piperidine rings is 1. The van der Waals surface area contributed by atoms with Crippen LogP contribution in [0, 0.1) is 0 Å². The van der Waals surface area contributed by atoms with Gasteiger partial charge in [-0.15, -0.1) is 0 Å². The molecule has 2 aromatic carbocycles. The first kappa shape index (κ1) is 18.5. The van der Waals surface area contributed by atoms with Crippen molar-refractivity contribution in [2.75, 3.05) is 24.5 Å². The summed E-state index contributed by atoms with van der Waals surface area (Å²) in [5.74, 6) is 1.02. The number of rotatable bonds is 3. The maximum Gasteiger partial charge on any atom is 0.415 e. The van der Waals surface area contributed by atoms with Crippen LogP contribution in [0.25, 0.3) is 0 Å². The fourth-order valence-corrected chi connectivity index (χ4v) is 4.83. The van der Waals surface area contributed by atoms with Gasteiger partial charge in [-0.3, -0.25) is 9.80 Å². The molecule has 0 aliphatic carbocycles. The number of carbonyl (C=O) groups is 1. The molecule has 0 bridgehead atoms. The van der Waals surface area contributed by atoms with Gasteiger partial charge < -0.3 is 9.47 Å². The Morgan fingerprint density at radius 2 is 1.76 bits per heavy atom. The molecule has 0 atom stereocenters. The van der Waals surface area contributed by atoms with E-state index in [2.05, 4.69) is 36.9 Å². The smallest absolute Gasteiger partial charge is 0.415 e. The fourth-order valence-electron chi connectivity index (χ4n) is 4.83. The van der Waals surface area contributed by atoms with Gasteiger partial charge >= 0.3 is 6.09 Å². The van der Waals surface area contributed by atoms with Crippen LogP contribution in [0.15, 0.2) is 48.5 Å². The lowest BCUT2D eigenvalue weighted by Gasteiger charge is -2.37. The molecule has 5 rings (SSSR count). The molecular weight excluding hydrogens is 364 g/mol. The predicted molar refractivity (Wildman–Crippen MR) is 112 cm³/mol. The number of para-hydroxylation sites is 1. The number of anilines is 1. The van der Waals surface area contributed by atoms with Gasteiger partial charge in [-0.25, -0.2) is 4.79 Å². The molecule has 2 saturated heterocycles. The summed E-state index contributed by atoms with van der Waals surface area (Å²) in [6.07, 6.45) is 2.50. The first-order valence-electron chi connectivity index (χ1n) is 10.5. The second-order valence-corrected chi connectivity index (χ2v) is 9.23. The van der Waals surface area contributed by atoms with Crippen LogP contribution in [0.5, 0.6) is 5.75 Å². The summed E-state index contributed by atoms with van der Waals surface area (Å²) in [7, 11) is 0. The van der Waals surface area contributed by atoms with Crippen LogP contribution in [-0.2, 0) is 17.7 Å². The number of fused-ring (bicyclic) bond motifs is 1. The normalized spacial score (nSPS) is 22.4. The average Bonchev–Trinajstić information content (AvgIpc) is 3.19. The summed E-state index contributed by atoms with van der Waals surface area (Å²) >= 11 is 0. The fraction of sp³-hybridized carbons (Fsp3) is 0.458. The van der Waals surface area contributed by atoms with Crippen LogP contribution >= 0.6 is 0 Å². The topological polar surface area (TPSA) is 42.0 Å². The summed E-state index contributed by atoms with van der Waals surface area (Å²) < 4.78 is 11.9. The third kappa shape index (κ3) is 3.60. The summed E-state index contributed by atoms with van der Waals surface area (Å²) in [6.45, 7) is 7.73. The molecule has 0 saturated carbocycles. The molecule has 0 unspecified atom stereocenters. The van der Waals surface area contributed by atoms with E-state index in [9.17, 15) is 4.79 Å². The van der Waals surface area contributed by atoms with Gasteiger partial charge in [-0.1, -0.05) is 30.3 Å². The lowest BCUT2D eigenvalue weighted by molar-refractivity contribution is -0.000975. The Kier molecular flexibility index (Phi) is 4.32. The van der Waals surface area contributed by atoms with Crippen LogP contribution in [0.4, 0.5) is 10.5 Å². The average molecular weight is 392 g/mol. The first-order valence-corrected chi connectivity index (χ1v) is 10.5. The standard InChI is InChI=1S/C24H28N2O3/c1-23(2)15-19-14-18(8-9-21(19)28-23)16-25-12-10-24(11-13-25)17-26(22(27)29-24)20-6-4-3-5-7-20/h3-9,14H,10-13,15-17H2,1-2H3. The van der Waals surface area contributed by atoms with E-state index < -0.39 is 0 Å². The van der Waals surface area contributed by atoms with Crippen molar-refractivity contribution in [3.8, 4) is 5.75 Å². The Hall–Kier alpha value is -2.53. The molecule has 1 amide bonds. The van der Waals surface area contributed by atoms with Crippen LogP contribution in [0.1, 0.15) is 37.8 Å². The van der Waals surface area contributed by atoms with Crippen molar-refractivity contribution in [3.63, 3.8) is 0 Å². The Labute approximate surface area is 172 Å². The minimum Gasteiger partial charge on any atom is -0.487 e. The largest absolute Gasteiger partial charge is 0.487 e. The molecule has 2 aromatic rings. The minimum absolute atomic E-state index is 0.102. The molecule has 152 valence electrons. The van der Waals surface area contributed by atoms with Crippen LogP contribution in [0.2, 0.25) is 0 Å². The molecule has 5 nitrogen and oxygen atoms in total. The Morgan fingerprint density at radius 1 is 1.00 bits per heavy atom. The number of carbonyl (C=O) groups excluding carboxylic acids is 1. The van der Waals surface area contributed by atoms with Gasteiger partial charge in [0, 0.05) is 44.6 Å². The molecule has 3 heterocycles. The van der Waals surface area contributed by atoms with E-state index in [0.717, 1.165) is 50.3 Å². The van der Waals surface area contributed by atoms with Gasteiger partial charge in [0.1, 0.15) is 17.0 Å². The zero-order valence-corrected chi connectivity index (χ0v) is 17.2. The third-order valence-electron chi connectivity index (χ3n) is 6.34. The van der Waals surface area contributed by atoms with E-state index in [1.165, 1.54) is 11.1 Å². The molecule has 0 N–H and O–H groups in total. The van der Waals surface area contributed by atoms with E-state index in [-0.39, 0.29) is 17.3 Å². The summed E-state index contributed by atoms with van der Waals surface area (Å²) in [5, 5.41) is 0. The van der Waals surface area contributed by atoms with Gasteiger partial charge in [0.2, 0.25) is 0 Å². The highest BCUT2D eigenvalue weighted by Gasteiger charge is 2.47. The van der Waals surface area contributed by atoms with E-state index >= 15 is 0 Å². The first-order chi connectivity index (χ1) is 13.9. The van der Waals surface area contributed by atoms with Crippen molar-refractivity contribution in [2.24, 2.45) is 0 Å².